The summed E-state index contributed by atoms with van der Waals surface area (Å²) >= 11 is 0. The third-order valence-corrected chi connectivity index (χ3v) is 1.72. The third kappa shape index (κ3) is 4.94. The van der Waals surface area contributed by atoms with E-state index >= 15 is 0 Å². The number of rotatable bonds is 3. The van der Waals surface area contributed by atoms with E-state index in [1.807, 2.05) is 19.6 Å². The maximum absolute atomic E-state index is 10.9. The molecule has 0 aromatic rings. The monoisotopic (exact) mass is 177 g/mol. The van der Waals surface area contributed by atoms with Crippen molar-refractivity contribution >= 4 is 14.3 Å². The predicted molar refractivity (Wildman–Crippen MR) is 44.5 cm³/mol. The van der Waals surface area contributed by atoms with Crippen molar-refractivity contribution in [2.75, 3.05) is 6.61 Å². The van der Waals surface area contributed by atoms with Gasteiger partial charge in [0.1, 0.15) is 6.04 Å². The highest BCUT2D eigenvalue weighted by molar-refractivity contribution is 6.71. The Bertz CT molecular complexity index is 143. The first-order valence-electron chi connectivity index (χ1n) is 3.46. The molecule has 0 radical (unpaired) electrons. The molecule has 0 aromatic carbocycles. The van der Waals surface area contributed by atoms with Crippen LogP contribution < -0.4 is 5.73 Å². The first kappa shape index (κ1) is 10.6. The Labute approximate surface area is 67.5 Å². The second-order valence-corrected chi connectivity index (χ2v) is 7.75. The number of hydrogen-bond donors (Lipinski definition) is 2. The van der Waals surface area contributed by atoms with Crippen molar-refractivity contribution in [2.45, 2.75) is 25.7 Å². The quantitative estimate of drug-likeness (QED) is 0.580. The Morgan fingerprint density at radius 2 is 2.09 bits per heavy atom. The van der Waals surface area contributed by atoms with Crippen LogP contribution in [0.4, 0.5) is 0 Å². The molecule has 1 unspecified atom stereocenters. The van der Waals surface area contributed by atoms with Gasteiger partial charge in [-0.1, -0.05) is 0 Å². The molecule has 1 atom stereocenters. The second kappa shape index (κ2) is 3.84. The van der Waals surface area contributed by atoms with Gasteiger partial charge in [-0.3, -0.25) is 4.79 Å². The summed E-state index contributed by atoms with van der Waals surface area (Å²) in [4.78, 5) is 10.9. The second-order valence-electron chi connectivity index (χ2n) is 3.32. The lowest BCUT2D eigenvalue weighted by Gasteiger charge is -2.19. The lowest BCUT2D eigenvalue weighted by Crippen LogP contribution is -2.41. The summed E-state index contributed by atoms with van der Waals surface area (Å²) < 4.78 is 5.01. The van der Waals surface area contributed by atoms with E-state index in [1.165, 1.54) is 0 Å². The lowest BCUT2D eigenvalue weighted by molar-refractivity contribution is -0.137. The molecule has 3 N–H and O–H groups in total. The minimum absolute atomic E-state index is 0.358. The molecule has 0 fully saturated rings. The van der Waals surface area contributed by atoms with Crippen molar-refractivity contribution in [1.82, 2.24) is 0 Å². The molecule has 66 valence electrons. The van der Waals surface area contributed by atoms with E-state index in [1.54, 1.807) is 0 Å². The van der Waals surface area contributed by atoms with Gasteiger partial charge in [-0.15, -0.1) is 0 Å². The number of aliphatic hydroxyl groups excluding tert-OH is 1. The Morgan fingerprint density at radius 1 is 1.64 bits per heavy atom. The molecule has 0 heterocycles. The first-order chi connectivity index (χ1) is 4.87. The zero-order valence-corrected chi connectivity index (χ0v) is 8.13. The molecular weight excluding hydrogens is 162 g/mol. The first-order valence-corrected chi connectivity index (χ1v) is 6.87. The number of carbonyl (C=O) groups excluding carboxylic acids is 1. The maximum atomic E-state index is 10.9. The number of aliphatic hydroxyl groups is 1. The highest BCUT2D eigenvalue weighted by Crippen LogP contribution is 2.03. The fraction of sp³-hybridized carbons (Fsp3) is 0.833. The smallest absolute Gasteiger partial charge is 0.312 e. The van der Waals surface area contributed by atoms with Crippen LogP contribution >= 0.6 is 0 Å². The van der Waals surface area contributed by atoms with Crippen molar-refractivity contribution < 1.29 is 14.3 Å². The Balaban J connectivity index is 3.88. The summed E-state index contributed by atoms with van der Waals surface area (Å²) in [5, 5.41) is 8.49. The topological polar surface area (TPSA) is 72.5 Å². The van der Waals surface area contributed by atoms with Gasteiger partial charge < -0.3 is 15.3 Å². The van der Waals surface area contributed by atoms with Gasteiger partial charge in [0.15, 0.2) is 0 Å². The van der Waals surface area contributed by atoms with E-state index in [9.17, 15) is 4.79 Å². The molecule has 0 bridgehead atoms. The highest BCUT2D eigenvalue weighted by Gasteiger charge is 2.23. The summed E-state index contributed by atoms with van der Waals surface area (Å²) in [6, 6.07) is -0.887. The molecule has 0 rings (SSSR count). The zero-order valence-electron chi connectivity index (χ0n) is 7.13. The van der Waals surface area contributed by atoms with Crippen LogP contribution in [0.25, 0.3) is 0 Å². The molecule has 0 aromatic heterocycles. The molecule has 0 aliphatic heterocycles. The lowest BCUT2D eigenvalue weighted by atomic mass is 10.3. The van der Waals surface area contributed by atoms with E-state index < -0.39 is 20.3 Å². The maximum Gasteiger partial charge on any atom is 0.312 e. The molecule has 0 spiro atoms. The molecule has 0 saturated carbocycles. The van der Waals surface area contributed by atoms with E-state index in [-0.39, 0.29) is 6.61 Å². The molecule has 0 saturated heterocycles. The summed E-state index contributed by atoms with van der Waals surface area (Å²) in [5.41, 5.74) is 5.22. The van der Waals surface area contributed by atoms with Crippen molar-refractivity contribution in [3.8, 4) is 0 Å². The summed E-state index contributed by atoms with van der Waals surface area (Å²) in [6.45, 7) is 5.29. The fourth-order valence-electron chi connectivity index (χ4n) is 0.452. The van der Waals surface area contributed by atoms with Gasteiger partial charge in [-0.25, -0.2) is 0 Å². The molecule has 0 aliphatic carbocycles. The average molecular weight is 177 g/mol. The highest BCUT2D eigenvalue weighted by atomic mass is 28.4. The summed E-state index contributed by atoms with van der Waals surface area (Å²) in [7, 11) is -1.84. The molecule has 0 aliphatic rings. The van der Waals surface area contributed by atoms with Crippen LogP contribution in [0, 0.1) is 0 Å². The van der Waals surface area contributed by atoms with Crippen LogP contribution in [0.15, 0.2) is 0 Å². The largest absolute Gasteiger partial charge is 0.519 e. The molecule has 5 heteroatoms. The molecule has 4 nitrogen and oxygen atoms in total. The van der Waals surface area contributed by atoms with Crippen molar-refractivity contribution in [3.63, 3.8) is 0 Å². The van der Waals surface area contributed by atoms with Gasteiger partial charge in [0.05, 0.1) is 6.61 Å². The summed E-state index contributed by atoms with van der Waals surface area (Å²) in [5.74, 6) is -0.508. The normalized spacial score (nSPS) is 14.3. The zero-order chi connectivity index (χ0) is 9.07. The van der Waals surface area contributed by atoms with Crippen LogP contribution in [0.2, 0.25) is 19.6 Å². The number of hydrogen-bond acceptors (Lipinski definition) is 4. The number of carbonyl (C=O) groups is 1. The van der Waals surface area contributed by atoms with E-state index in [0.29, 0.717) is 0 Å². The van der Waals surface area contributed by atoms with Crippen molar-refractivity contribution in [2.24, 2.45) is 5.73 Å². The van der Waals surface area contributed by atoms with Crippen molar-refractivity contribution in [1.29, 1.82) is 0 Å². The minimum atomic E-state index is -1.84. The van der Waals surface area contributed by atoms with E-state index in [2.05, 4.69) is 0 Å². The van der Waals surface area contributed by atoms with Crippen LogP contribution in [0.3, 0.4) is 0 Å². The average Bonchev–Trinajstić information content (AvgIpc) is 1.82. The Kier molecular flexibility index (Phi) is 3.71. The van der Waals surface area contributed by atoms with Gasteiger partial charge in [0.2, 0.25) is 8.32 Å². The van der Waals surface area contributed by atoms with Crippen molar-refractivity contribution in [3.05, 3.63) is 0 Å². The fourth-order valence-corrected chi connectivity index (χ4v) is 1.21. The van der Waals surface area contributed by atoms with E-state index in [4.69, 9.17) is 15.3 Å². The van der Waals surface area contributed by atoms with E-state index in [0.717, 1.165) is 0 Å². The van der Waals surface area contributed by atoms with Gasteiger partial charge >= 0.3 is 5.97 Å². The van der Waals surface area contributed by atoms with Gasteiger partial charge in [-0.2, -0.15) is 0 Å². The minimum Gasteiger partial charge on any atom is -0.519 e. The van der Waals surface area contributed by atoms with Gasteiger partial charge in [0.25, 0.3) is 0 Å². The van der Waals surface area contributed by atoms with Gasteiger partial charge in [-0.05, 0) is 19.6 Å². The third-order valence-electron chi connectivity index (χ3n) is 0.906. The van der Waals surface area contributed by atoms with Crippen LogP contribution in [0.5, 0.6) is 0 Å². The summed E-state index contributed by atoms with van der Waals surface area (Å²) in [6.07, 6.45) is 0. The van der Waals surface area contributed by atoms with Crippen LogP contribution in [0.1, 0.15) is 0 Å². The standard InChI is InChI=1S/C6H15NO3Si/c1-11(2,3)10-6(9)5(7)4-8/h5,8H,4,7H2,1-3H3. The predicted octanol–water partition coefficient (Wildman–Crippen LogP) is -0.316. The SMILES string of the molecule is C[Si](C)(C)OC(=O)C(N)CO. The number of nitrogens with two attached hydrogens (primary N) is 1. The Hall–Kier alpha value is -0.393. The van der Waals surface area contributed by atoms with Crippen LogP contribution in [-0.4, -0.2) is 32.0 Å². The molecule has 0 amide bonds. The van der Waals surface area contributed by atoms with Crippen LogP contribution in [-0.2, 0) is 9.22 Å². The van der Waals surface area contributed by atoms with Gasteiger partial charge in [0, 0.05) is 0 Å². The Morgan fingerprint density at radius 3 is 2.36 bits per heavy atom. The molecular formula is C6H15NO3Si. The molecule has 11 heavy (non-hydrogen) atoms.